The van der Waals surface area contributed by atoms with Gasteiger partial charge < -0.3 is 10.6 Å². The lowest BCUT2D eigenvalue weighted by molar-refractivity contribution is 0.580. The number of rotatable bonds is 9. The summed E-state index contributed by atoms with van der Waals surface area (Å²) in [5, 5.41) is 6.24. The van der Waals surface area contributed by atoms with Crippen LogP contribution < -0.4 is 15.4 Å². The van der Waals surface area contributed by atoms with Crippen molar-refractivity contribution in [2.45, 2.75) is 26.4 Å². The van der Waals surface area contributed by atoms with Crippen molar-refractivity contribution < 1.29 is 8.42 Å². The normalized spacial score (nSPS) is 12.2. The summed E-state index contributed by atoms with van der Waals surface area (Å²) in [5.74, 6) is 0.578. The lowest BCUT2D eigenvalue weighted by Gasteiger charge is -2.12. The molecule has 0 saturated heterocycles. The van der Waals surface area contributed by atoms with E-state index in [4.69, 9.17) is 0 Å². The molecule has 0 aliphatic heterocycles. The zero-order chi connectivity index (χ0) is 18.8. The van der Waals surface area contributed by atoms with E-state index in [0.29, 0.717) is 19.0 Å². The molecule has 6 nitrogen and oxygen atoms in total. The zero-order valence-corrected chi connectivity index (χ0v) is 16.8. The number of aryl methyl sites for hydroxylation is 1. The number of hydrogen-bond donors (Lipinski definition) is 3. The smallest absolute Gasteiger partial charge is 0.213 e. The SMILES string of the molecule is CCc1ccc(CNC(=NC)NCCS(=O)(=O)NCc2ccccc2)s1. The van der Waals surface area contributed by atoms with Crippen LogP contribution in [-0.4, -0.2) is 33.7 Å². The molecule has 1 heterocycles. The third kappa shape index (κ3) is 7.15. The van der Waals surface area contributed by atoms with E-state index < -0.39 is 10.0 Å². The molecule has 2 aromatic rings. The standard InChI is InChI=1S/C18H26N4O2S2/c1-3-16-9-10-17(25-16)14-21-18(19-2)20-11-12-26(23,24)22-13-15-7-5-4-6-8-15/h4-10,22H,3,11-14H2,1-2H3,(H2,19,20,21). The molecule has 2 rings (SSSR count). The maximum atomic E-state index is 12.1. The van der Waals surface area contributed by atoms with Crippen molar-refractivity contribution in [1.82, 2.24) is 15.4 Å². The van der Waals surface area contributed by atoms with E-state index in [0.717, 1.165) is 12.0 Å². The first kappa shape index (κ1) is 20.4. The van der Waals surface area contributed by atoms with Gasteiger partial charge in [0.25, 0.3) is 0 Å². The first-order valence-electron chi connectivity index (χ1n) is 8.55. The fourth-order valence-electron chi connectivity index (χ4n) is 2.26. The third-order valence-corrected chi connectivity index (χ3v) is 6.28. The molecular formula is C18H26N4O2S2. The van der Waals surface area contributed by atoms with Crippen molar-refractivity contribution in [3.05, 3.63) is 57.8 Å². The van der Waals surface area contributed by atoms with Gasteiger partial charge in [0.05, 0.1) is 12.3 Å². The number of thiophene rings is 1. The summed E-state index contributed by atoms with van der Waals surface area (Å²) < 4.78 is 26.8. The van der Waals surface area contributed by atoms with E-state index in [9.17, 15) is 8.42 Å². The molecule has 142 valence electrons. The van der Waals surface area contributed by atoms with Crippen molar-refractivity contribution in [3.8, 4) is 0 Å². The Hall–Kier alpha value is -1.90. The molecule has 26 heavy (non-hydrogen) atoms. The Balaban J connectivity index is 1.72. The quantitative estimate of drug-likeness (QED) is 0.449. The number of nitrogens with zero attached hydrogens (tertiary/aromatic N) is 1. The fraction of sp³-hybridized carbons (Fsp3) is 0.389. The zero-order valence-electron chi connectivity index (χ0n) is 15.2. The minimum absolute atomic E-state index is 0.0144. The van der Waals surface area contributed by atoms with Crippen LogP contribution in [0.5, 0.6) is 0 Å². The summed E-state index contributed by atoms with van der Waals surface area (Å²) in [7, 11) is -1.67. The Morgan fingerprint density at radius 2 is 1.77 bits per heavy atom. The lowest BCUT2D eigenvalue weighted by atomic mass is 10.2. The van der Waals surface area contributed by atoms with Crippen LogP contribution in [0, 0.1) is 0 Å². The maximum Gasteiger partial charge on any atom is 0.213 e. The Kier molecular flexibility index (Phi) is 8.08. The number of benzene rings is 1. The predicted octanol–water partition coefficient (Wildman–Crippen LogP) is 2.10. The predicted molar refractivity (Wildman–Crippen MR) is 109 cm³/mol. The molecule has 0 aliphatic rings. The second-order valence-electron chi connectivity index (χ2n) is 5.70. The van der Waals surface area contributed by atoms with E-state index >= 15 is 0 Å². The number of nitrogens with one attached hydrogen (secondary N) is 3. The molecule has 1 aromatic heterocycles. The largest absolute Gasteiger partial charge is 0.355 e. The second kappa shape index (κ2) is 10.3. The van der Waals surface area contributed by atoms with E-state index in [-0.39, 0.29) is 12.3 Å². The van der Waals surface area contributed by atoms with Crippen molar-refractivity contribution >= 4 is 27.3 Å². The molecule has 8 heteroatoms. The first-order chi connectivity index (χ1) is 12.5. The van der Waals surface area contributed by atoms with Crippen LogP contribution >= 0.6 is 11.3 Å². The Morgan fingerprint density at radius 1 is 1.04 bits per heavy atom. The summed E-state index contributed by atoms with van der Waals surface area (Å²) in [4.78, 5) is 6.70. The molecule has 0 saturated carbocycles. The van der Waals surface area contributed by atoms with Gasteiger partial charge in [-0.25, -0.2) is 13.1 Å². The number of hydrogen-bond acceptors (Lipinski definition) is 4. The fourth-order valence-corrected chi connectivity index (χ4v) is 4.06. The monoisotopic (exact) mass is 394 g/mol. The van der Waals surface area contributed by atoms with Crippen molar-refractivity contribution in [3.63, 3.8) is 0 Å². The third-order valence-electron chi connectivity index (χ3n) is 3.72. The molecule has 0 unspecified atom stereocenters. The van der Waals surface area contributed by atoms with Crippen LogP contribution in [0.15, 0.2) is 47.5 Å². The van der Waals surface area contributed by atoms with Crippen molar-refractivity contribution in [2.75, 3.05) is 19.3 Å². The van der Waals surface area contributed by atoms with Crippen molar-refractivity contribution in [1.29, 1.82) is 0 Å². The van der Waals surface area contributed by atoms with Crippen LogP contribution in [0.3, 0.4) is 0 Å². The second-order valence-corrected chi connectivity index (χ2v) is 8.88. The molecule has 0 aliphatic carbocycles. The summed E-state index contributed by atoms with van der Waals surface area (Å²) in [6.07, 6.45) is 1.03. The Labute approximate surface area is 159 Å². The first-order valence-corrected chi connectivity index (χ1v) is 11.0. The highest BCUT2D eigenvalue weighted by molar-refractivity contribution is 7.89. The lowest BCUT2D eigenvalue weighted by Crippen LogP contribution is -2.40. The van der Waals surface area contributed by atoms with Crippen LogP contribution in [0.2, 0.25) is 0 Å². The molecule has 0 radical (unpaired) electrons. The summed E-state index contributed by atoms with van der Waals surface area (Å²) in [6.45, 7) is 3.39. The molecule has 0 fully saturated rings. The molecule has 0 bridgehead atoms. The van der Waals surface area contributed by atoms with Gasteiger partial charge in [0.2, 0.25) is 10.0 Å². The number of aliphatic imine (C=N–C) groups is 1. The number of sulfonamides is 1. The van der Waals surface area contributed by atoms with Gasteiger partial charge in [-0.05, 0) is 24.1 Å². The van der Waals surface area contributed by atoms with Crippen molar-refractivity contribution in [2.24, 2.45) is 4.99 Å². The van der Waals surface area contributed by atoms with Gasteiger partial charge in [-0.1, -0.05) is 37.3 Å². The summed E-state index contributed by atoms with van der Waals surface area (Å²) >= 11 is 1.77. The Bertz CT molecular complexity index is 802. The van der Waals surface area contributed by atoms with Gasteiger partial charge in [-0.3, -0.25) is 4.99 Å². The van der Waals surface area contributed by atoms with Gasteiger partial charge in [-0.15, -0.1) is 11.3 Å². The summed E-state index contributed by atoms with van der Waals surface area (Å²) in [5.41, 5.74) is 0.934. The van der Waals surface area contributed by atoms with Gasteiger partial charge >= 0.3 is 0 Å². The minimum Gasteiger partial charge on any atom is -0.355 e. The number of guanidine groups is 1. The average molecular weight is 395 g/mol. The molecule has 1 aromatic carbocycles. The van der Waals surface area contributed by atoms with E-state index in [1.807, 2.05) is 30.3 Å². The molecule has 0 atom stereocenters. The van der Waals surface area contributed by atoms with E-state index in [1.54, 1.807) is 18.4 Å². The maximum absolute atomic E-state index is 12.1. The molecule has 3 N–H and O–H groups in total. The van der Waals surface area contributed by atoms with Crippen LogP contribution in [-0.2, 0) is 29.5 Å². The van der Waals surface area contributed by atoms with E-state index in [1.165, 1.54) is 9.75 Å². The van der Waals surface area contributed by atoms with Gasteiger partial charge in [0.1, 0.15) is 0 Å². The van der Waals surface area contributed by atoms with Crippen LogP contribution in [0.1, 0.15) is 22.2 Å². The van der Waals surface area contributed by atoms with Crippen LogP contribution in [0.4, 0.5) is 0 Å². The van der Waals surface area contributed by atoms with Gasteiger partial charge in [0, 0.05) is 29.9 Å². The highest BCUT2D eigenvalue weighted by Gasteiger charge is 2.10. The van der Waals surface area contributed by atoms with Gasteiger partial charge in [-0.2, -0.15) is 0 Å². The van der Waals surface area contributed by atoms with E-state index in [2.05, 4.69) is 39.4 Å². The molecule has 0 spiro atoms. The minimum atomic E-state index is -3.34. The molecular weight excluding hydrogens is 368 g/mol. The van der Waals surface area contributed by atoms with Crippen LogP contribution in [0.25, 0.3) is 0 Å². The Morgan fingerprint density at radius 3 is 2.42 bits per heavy atom. The highest BCUT2D eigenvalue weighted by Crippen LogP contribution is 2.16. The van der Waals surface area contributed by atoms with Gasteiger partial charge in [0.15, 0.2) is 5.96 Å². The average Bonchev–Trinajstić information content (AvgIpc) is 3.12. The summed E-state index contributed by atoms with van der Waals surface area (Å²) in [6, 6.07) is 13.7. The topological polar surface area (TPSA) is 82.6 Å². The highest BCUT2D eigenvalue weighted by atomic mass is 32.2. The molecule has 0 amide bonds.